The van der Waals surface area contributed by atoms with E-state index in [1.54, 1.807) is 6.07 Å². The fourth-order valence-electron chi connectivity index (χ4n) is 1.54. The average molecular weight is 266 g/mol. The SMILES string of the molecule is Oc1c(S)cccc1-c1c(S)cccc1S. The monoisotopic (exact) mass is 266 g/mol. The third kappa shape index (κ3) is 2.05. The van der Waals surface area contributed by atoms with Crippen molar-refractivity contribution in [1.29, 1.82) is 0 Å². The Labute approximate surface area is 111 Å². The normalized spacial score (nSPS) is 10.4. The lowest BCUT2D eigenvalue weighted by molar-refractivity contribution is 0.464. The van der Waals surface area contributed by atoms with Gasteiger partial charge in [0.15, 0.2) is 0 Å². The molecule has 4 heteroatoms. The van der Waals surface area contributed by atoms with E-state index in [-0.39, 0.29) is 5.75 Å². The average Bonchev–Trinajstić information content (AvgIpc) is 2.24. The first-order valence-corrected chi connectivity index (χ1v) is 5.97. The van der Waals surface area contributed by atoms with Gasteiger partial charge in [0, 0.05) is 25.8 Å². The summed E-state index contributed by atoms with van der Waals surface area (Å²) >= 11 is 12.9. The highest BCUT2D eigenvalue weighted by Crippen LogP contribution is 2.40. The number of phenols is 1. The Morgan fingerprint density at radius 2 is 1.25 bits per heavy atom. The van der Waals surface area contributed by atoms with Crippen LogP contribution in [0.3, 0.4) is 0 Å². The summed E-state index contributed by atoms with van der Waals surface area (Å²) < 4.78 is 0. The van der Waals surface area contributed by atoms with Crippen molar-refractivity contribution in [3.63, 3.8) is 0 Å². The molecule has 0 saturated heterocycles. The molecule has 2 aromatic carbocycles. The molecular weight excluding hydrogens is 256 g/mol. The predicted octanol–water partition coefficient (Wildman–Crippen LogP) is 3.93. The summed E-state index contributed by atoms with van der Waals surface area (Å²) in [6, 6.07) is 11.0. The van der Waals surface area contributed by atoms with Gasteiger partial charge in [-0.1, -0.05) is 18.2 Å². The minimum Gasteiger partial charge on any atom is -0.506 e. The van der Waals surface area contributed by atoms with Gasteiger partial charge in [0.25, 0.3) is 0 Å². The Balaban J connectivity index is 2.73. The van der Waals surface area contributed by atoms with E-state index in [1.807, 2.05) is 30.3 Å². The van der Waals surface area contributed by atoms with Crippen molar-refractivity contribution in [1.82, 2.24) is 0 Å². The summed E-state index contributed by atoms with van der Waals surface area (Å²) in [6.07, 6.45) is 0. The van der Waals surface area contributed by atoms with Crippen LogP contribution in [0.5, 0.6) is 5.75 Å². The van der Waals surface area contributed by atoms with Gasteiger partial charge in [-0.3, -0.25) is 0 Å². The summed E-state index contributed by atoms with van der Waals surface area (Å²) in [5.74, 6) is 0.155. The molecule has 0 aliphatic carbocycles. The Kier molecular flexibility index (Phi) is 3.42. The number of rotatable bonds is 1. The second kappa shape index (κ2) is 4.65. The van der Waals surface area contributed by atoms with Crippen LogP contribution in [0.2, 0.25) is 0 Å². The zero-order chi connectivity index (χ0) is 11.7. The molecular formula is C12H10OS3. The van der Waals surface area contributed by atoms with Gasteiger partial charge in [0.2, 0.25) is 0 Å². The Morgan fingerprint density at radius 3 is 1.88 bits per heavy atom. The van der Waals surface area contributed by atoms with Crippen LogP contribution >= 0.6 is 37.9 Å². The maximum absolute atomic E-state index is 9.96. The Hall–Kier alpha value is -0.710. The van der Waals surface area contributed by atoms with Gasteiger partial charge in [0.1, 0.15) is 5.75 Å². The van der Waals surface area contributed by atoms with Gasteiger partial charge in [-0.2, -0.15) is 0 Å². The molecule has 2 aromatic rings. The van der Waals surface area contributed by atoms with E-state index < -0.39 is 0 Å². The third-order valence-corrected chi connectivity index (χ3v) is 3.41. The number of para-hydroxylation sites is 1. The van der Waals surface area contributed by atoms with E-state index in [1.165, 1.54) is 0 Å². The molecule has 1 nitrogen and oxygen atoms in total. The largest absolute Gasteiger partial charge is 0.506 e. The van der Waals surface area contributed by atoms with E-state index in [2.05, 4.69) is 37.9 Å². The number of hydrogen-bond acceptors (Lipinski definition) is 4. The van der Waals surface area contributed by atoms with E-state index in [9.17, 15) is 5.11 Å². The molecule has 0 bridgehead atoms. The highest BCUT2D eigenvalue weighted by atomic mass is 32.1. The van der Waals surface area contributed by atoms with Crippen LogP contribution in [0.25, 0.3) is 11.1 Å². The fraction of sp³-hybridized carbons (Fsp3) is 0. The number of benzene rings is 2. The van der Waals surface area contributed by atoms with E-state index >= 15 is 0 Å². The molecule has 0 aliphatic heterocycles. The van der Waals surface area contributed by atoms with Gasteiger partial charge < -0.3 is 5.11 Å². The van der Waals surface area contributed by atoms with Crippen molar-refractivity contribution in [2.24, 2.45) is 0 Å². The highest BCUT2D eigenvalue weighted by Gasteiger charge is 2.12. The number of hydrogen-bond donors (Lipinski definition) is 4. The van der Waals surface area contributed by atoms with Gasteiger partial charge in [-0.25, -0.2) is 0 Å². The topological polar surface area (TPSA) is 20.2 Å². The summed E-state index contributed by atoms with van der Waals surface area (Å²) in [7, 11) is 0. The summed E-state index contributed by atoms with van der Waals surface area (Å²) in [4.78, 5) is 2.10. The fourth-order valence-corrected chi connectivity index (χ4v) is 2.49. The Bertz CT molecular complexity index is 518. The van der Waals surface area contributed by atoms with Crippen molar-refractivity contribution in [2.45, 2.75) is 14.7 Å². The maximum Gasteiger partial charge on any atom is 0.136 e. The lowest BCUT2D eigenvalue weighted by Gasteiger charge is -2.11. The third-order valence-electron chi connectivity index (χ3n) is 2.30. The molecule has 0 aromatic heterocycles. The zero-order valence-electron chi connectivity index (χ0n) is 8.25. The molecule has 82 valence electrons. The standard InChI is InChI=1S/C12H10OS3/c13-12-7(3-1-6-10(12)16)11-8(14)4-2-5-9(11)15/h1-6,13-16H. The highest BCUT2D eigenvalue weighted by molar-refractivity contribution is 7.81. The van der Waals surface area contributed by atoms with Crippen molar-refractivity contribution in [2.75, 3.05) is 0 Å². The zero-order valence-corrected chi connectivity index (χ0v) is 10.9. The van der Waals surface area contributed by atoms with E-state index in [0.717, 1.165) is 15.4 Å². The Morgan fingerprint density at radius 1 is 0.750 bits per heavy atom. The molecule has 0 amide bonds. The van der Waals surface area contributed by atoms with Gasteiger partial charge >= 0.3 is 0 Å². The first-order valence-electron chi connectivity index (χ1n) is 4.63. The van der Waals surface area contributed by atoms with Crippen LogP contribution in [0.15, 0.2) is 51.1 Å². The van der Waals surface area contributed by atoms with E-state index in [4.69, 9.17) is 0 Å². The van der Waals surface area contributed by atoms with Crippen molar-refractivity contribution in [3.8, 4) is 16.9 Å². The first-order chi connectivity index (χ1) is 7.61. The molecule has 0 aliphatic rings. The number of aromatic hydroxyl groups is 1. The van der Waals surface area contributed by atoms with Crippen molar-refractivity contribution in [3.05, 3.63) is 36.4 Å². The molecule has 0 radical (unpaired) electrons. The maximum atomic E-state index is 9.96. The second-order valence-corrected chi connectivity index (χ2v) is 4.79. The van der Waals surface area contributed by atoms with Crippen LogP contribution < -0.4 is 0 Å². The van der Waals surface area contributed by atoms with Crippen molar-refractivity contribution < 1.29 is 5.11 Å². The minimum absolute atomic E-state index is 0.155. The first kappa shape index (κ1) is 11.8. The van der Waals surface area contributed by atoms with Gasteiger partial charge in [-0.15, -0.1) is 37.9 Å². The quantitative estimate of drug-likeness (QED) is 0.577. The van der Waals surface area contributed by atoms with E-state index in [0.29, 0.717) is 10.5 Å². The molecule has 16 heavy (non-hydrogen) atoms. The molecule has 0 heterocycles. The van der Waals surface area contributed by atoms with Crippen LogP contribution in [0.1, 0.15) is 0 Å². The predicted molar refractivity (Wildman–Crippen MR) is 75.3 cm³/mol. The molecule has 1 N–H and O–H groups in total. The molecule has 0 spiro atoms. The van der Waals surface area contributed by atoms with Gasteiger partial charge in [0.05, 0.1) is 0 Å². The summed E-state index contributed by atoms with van der Waals surface area (Å²) in [6.45, 7) is 0. The van der Waals surface area contributed by atoms with Crippen LogP contribution in [0.4, 0.5) is 0 Å². The molecule has 0 unspecified atom stereocenters. The van der Waals surface area contributed by atoms with Gasteiger partial charge in [-0.05, 0) is 18.2 Å². The summed E-state index contributed by atoms with van der Waals surface area (Å²) in [5.41, 5.74) is 1.52. The molecule has 0 atom stereocenters. The lowest BCUT2D eigenvalue weighted by atomic mass is 10.0. The molecule has 0 saturated carbocycles. The number of phenolic OH excluding ortho intramolecular Hbond substituents is 1. The van der Waals surface area contributed by atoms with Crippen molar-refractivity contribution >= 4 is 37.9 Å². The van der Waals surface area contributed by atoms with Crippen LogP contribution in [-0.2, 0) is 0 Å². The second-order valence-electron chi connectivity index (χ2n) is 3.34. The smallest absolute Gasteiger partial charge is 0.136 e. The summed E-state index contributed by atoms with van der Waals surface area (Å²) in [5, 5.41) is 9.96. The number of thiol groups is 3. The molecule has 0 fully saturated rings. The molecule has 2 rings (SSSR count). The lowest BCUT2D eigenvalue weighted by Crippen LogP contribution is -1.84. The minimum atomic E-state index is 0.155. The van der Waals surface area contributed by atoms with Crippen LogP contribution in [-0.4, -0.2) is 5.11 Å². The van der Waals surface area contributed by atoms with Crippen LogP contribution in [0, 0.1) is 0 Å².